The number of rotatable bonds is 8. The Hall–Kier alpha value is -3.30. The zero-order valence-electron chi connectivity index (χ0n) is 26.4. The second-order valence-electron chi connectivity index (χ2n) is 13.9. The number of aliphatic hydroxyl groups is 1. The molecule has 1 N–H and O–H groups in total. The molecule has 3 aliphatic carbocycles. The molecule has 246 valence electrons. The van der Waals surface area contributed by atoms with E-state index in [1.807, 2.05) is 17.0 Å². The van der Waals surface area contributed by atoms with Crippen LogP contribution in [0.25, 0.3) is 6.08 Å². The van der Waals surface area contributed by atoms with Gasteiger partial charge in [-0.05, 0) is 86.4 Å². The summed E-state index contributed by atoms with van der Waals surface area (Å²) in [5.74, 6) is 1.40. The van der Waals surface area contributed by atoms with Crippen LogP contribution in [0, 0.1) is 5.92 Å². The lowest BCUT2D eigenvalue weighted by molar-refractivity contribution is -0.199. The highest BCUT2D eigenvalue weighted by atomic mass is 19.4. The van der Waals surface area contributed by atoms with E-state index in [-0.39, 0.29) is 18.0 Å². The van der Waals surface area contributed by atoms with Crippen molar-refractivity contribution in [2.75, 3.05) is 26.7 Å². The number of halogens is 3. The summed E-state index contributed by atoms with van der Waals surface area (Å²) < 4.78 is 52.9. The van der Waals surface area contributed by atoms with Gasteiger partial charge in [0.05, 0.1) is 29.7 Å². The average molecular weight is 637 g/mol. The van der Waals surface area contributed by atoms with Crippen LogP contribution in [-0.2, 0) is 22.8 Å². The number of piperidine rings is 1. The van der Waals surface area contributed by atoms with Crippen LogP contribution in [-0.4, -0.2) is 71.3 Å². The molecule has 2 aromatic rings. The van der Waals surface area contributed by atoms with Crippen molar-refractivity contribution < 1.29 is 32.5 Å². The van der Waals surface area contributed by atoms with Gasteiger partial charge in [-0.3, -0.25) is 9.69 Å². The van der Waals surface area contributed by atoms with Gasteiger partial charge in [0.2, 0.25) is 5.91 Å². The smallest absolute Gasteiger partial charge is 0.416 e. The number of likely N-dealkylation sites (tertiary alicyclic amines) is 1. The zero-order valence-corrected chi connectivity index (χ0v) is 26.4. The van der Waals surface area contributed by atoms with E-state index in [1.54, 1.807) is 13.2 Å². The molecule has 0 radical (unpaired) electrons. The molecule has 5 atom stereocenters. The molecule has 3 fully saturated rings. The van der Waals surface area contributed by atoms with Gasteiger partial charge in [-0.25, -0.2) is 0 Å². The van der Waals surface area contributed by atoms with E-state index in [9.17, 15) is 23.1 Å². The first kappa shape index (κ1) is 31.3. The van der Waals surface area contributed by atoms with Gasteiger partial charge in [0, 0.05) is 30.8 Å². The van der Waals surface area contributed by atoms with Gasteiger partial charge in [-0.15, -0.1) is 6.58 Å². The van der Waals surface area contributed by atoms with Gasteiger partial charge in [0.15, 0.2) is 11.5 Å². The van der Waals surface area contributed by atoms with Gasteiger partial charge >= 0.3 is 6.18 Å². The number of methoxy groups -OCH3 is 1. The number of ether oxygens (including phenoxy) is 2. The molecule has 2 heterocycles. The Balaban J connectivity index is 1.28. The molecule has 2 saturated carbocycles. The van der Waals surface area contributed by atoms with Crippen LogP contribution in [0.3, 0.4) is 0 Å². The Bertz CT molecular complexity index is 1530. The third-order valence-electron chi connectivity index (χ3n) is 11.6. The van der Waals surface area contributed by atoms with Crippen molar-refractivity contribution in [3.63, 3.8) is 0 Å². The molecular weight excluding hydrogens is 593 g/mol. The predicted octanol–water partition coefficient (Wildman–Crippen LogP) is 6.55. The molecule has 2 bridgehead atoms. The highest BCUT2D eigenvalue weighted by Crippen LogP contribution is 2.66. The van der Waals surface area contributed by atoms with Gasteiger partial charge in [0.25, 0.3) is 0 Å². The lowest BCUT2D eigenvalue weighted by atomic mass is 9.48. The van der Waals surface area contributed by atoms with Crippen molar-refractivity contribution in [3.8, 4) is 11.5 Å². The van der Waals surface area contributed by atoms with Crippen LogP contribution < -0.4 is 9.47 Å². The van der Waals surface area contributed by atoms with Gasteiger partial charge in [0.1, 0.15) is 6.10 Å². The summed E-state index contributed by atoms with van der Waals surface area (Å²) in [6, 6.07) is 8.65. The summed E-state index contributed by atoms with van der Waals surface area (Å²) in [7, 11) is 1.63. The van der Waals surface area contributed by atoms with Crippen LogP contribution in [0.2, 0.25) is 0 Å². The maximum atomic E-state index is 14.3. The van der Waals surface area contributed by atoms with Crippen LogP contribution in [0.5, 0.6) is 11.5 Å². The standard InChI is InChI=1S/C37H43F3N2O4/c1-3-19-41-20-18-35-32-26-13-14-29(45-2)33(32)46-34(35)28(16-17-36(35,44)30(41)22-26)42(23-25-8-5-4-6-9-25)31(43)15-12-24-10-7-11-27(21-24)37(38,39)40/h3,7,10-15,21,25,28,30,34,44H,1,4-6,8-9,16-20,22-23H2,2H3/t28-,30-,34+,35+,36-/m1/s1. The lowest BCUT2D eigenvalue weighted by Crippen LogP contribution is -2.78. The number of carbonyl (C=O) groups excluding carboxylic acids is 1. The minimum absolute atomic E-state index is 0.110. The van der Waals surface area contributed by atoms with Crippen LogP contribution in [0.4, 0.5) is 13.2 Å². The number of benzene rings is 2. The summed E-state index contributed by atoms with van der Waals surface area (Å²) in [6.07, 6.45) is 7.78. The van der Waals surface area contributed by atoms with Crippen molar-refractivity contribution in [2.45, 2.75) is 93.2 Å². The Morgan fingerprint density at radius 1 is 1.17 bits per heavy atom. The van der Waals surface area contributed by atoms with Crippen molar-refractivity contribution >= 4 is 12.0 Å². The number of nitrogens with zero attached hydrogens (tertiary/aromatic N) is 2. The molecule has 2 aromatic carbocycles. The normalized spacial score (nSPS) is 30.5. The maximum absolute atomic E-state index is 14.3. The molecule has 0 aromatic heterocycles. The predicted molar refractivity (Wildman–Crippen MR) is 170 cm³/mol. The molecule has 2 aliphatic heterocycles. The van der Waals surface area contributed by atoms with E-state index < -0.39 is 28.9 Å². The number of amides is 1. The van der Waals surface area contributed by atoms with E-state index in [4.69, 9.17) is 9.47 Å². The Labute approximate surface area is 268 Å². The van der Waals surface area contributed by atoms with Crippen molar-refractivity contribution in [1.82, 2.24) is 9.80 Å². The molecule has 9 heteroatoms. The number of alkyl halides is 3. The van der Waals surface area contributed by atoms with E-state index in [0.29, 0.717) is 61.8 Å². The molecule has 7 rings (SSSR count). The summed E-state index contributed by atoms with van der Waals surface area (Å²) in [5.41, 5.74) is -0.0246. The SMILES string of the molecule is C=CCN1CC[C@]23c4c5ccc(OC)c4O[C@H]2[C@H](N(CC2CCCCC2)C(=O)C=Cc2cccc(C(F)(F)F)c2)CC[C@@]3(O)[C@H]1C5. The first-order valence-electron chi connectivity index (χ1n) is 16.7. The minimum Gasteiger partial charge on any atom is -0.493 e. The van der Waals surface area contributed by atoms with E-state index in [2.05, 4.69) is 17.5 Å². The topological polar surface area (TPSA) is 62.2 Å². The van der Waals surface area contributed by atoms with Gasteiger partial charge in [-0.1, -0.05) is 43.5 Å². The molecule has 1 amide bonds. The summed E-state index contributed by atoms with van der Waals surface area (Å²) in [6.45, 7) is 5.98. The second kappa shape index (κ2) is 11.7. The molecule has 1 spiro atoms. The molecule has 0 unspecified atom stereocenters. The monoisotopic (exact) mass is 636 g/mol. The maximum Gasteiger partial charge on any atom is 0.416 e. The van der Waals surface area contributed by atoms with Crippen molar-refractivity contribution in [2.24, 2.45) is 5.92 Å². The zero-order chi connectivity index (χ0) is 32.3. The fraction of sp³-hybridized carbons (Fsp3) is 0.541. The van der Waals surface area contributed by atoms with Crippen LogP contribution in [0.15, 0.2) is 55.1 Å². The number of hydrogen-bond donors (Lipinski definition) is 1. The Morgan fingerprint density at radius 2 is 1.98 bits per heavy atom. The summed E-state index contributed by atoms with van der Waals surface area (Å²) in [4.78, 5) is 18.5. The van der Waals surface area contributed by atoms with Crippen LogP contribution in [0.1, 0.15) is 73.6 Å². The largest absolute Gasteiger partial charge is 0.493 e. The van der Waals surface area contributed by atoms with Gasteiger partial charge in [-0.2, -0.15) is 13.2 Å². The molecular formula is C37H43F3N2O4. The van der Waals surface area contributed by atoms with E-state index in [0.717, 1.165) is 55.5 Å². The Kier molecular flexibility index (Phi) is 7.99. The van der Waals surface area contributed by atoms with E-state index in [1.165, 1.54) is 24.6 Å². The number of hydrogen-bond acceptors (Lipinski definition) is 5. The third-order valence-corrected chi connectivity index (χ3v) is 11.6. The van der Waals surface area contributed by atoms with Gasteiger partial charge < -0.3 is 19.5 Å². The average Bonchev–Trinajstić information content (AvgIpc) is 3.40. The highest BCUT2D eigenvalue weighted by molar-refractivity contribution is 5.92. The fourth-order valence-electron chi connectivity index (χ4n) is 9.58. The lowest BCUT2D eigenvalue weighted by Gasteiger charge is -2.64. The molecule has 1 saturated heterocycles. The molecule has 6 nitrogen and oxygen atoms in total. The molecule has 5 aliphatic rings. The van der Waals surface area contributed by atoms with E-state index >= 15 is 0 Å². The number of carbonyl (C=O) groups is 1. The summed E-state index contributed by atoms with van der Waals surface area (Å²) >= 11 is 0. The second-order valence-corrected chi connectivity index (χ2v) is 13.9. The third kappa shape index (κ3) is 4.88. The fourth-order valence-corrected chi connectivity index (χ4v) is 9.58. The highest BCUT2D eigenvalue weighted by Gasteiger charge is 2.73. The van der Waals surface area contributed by atoms with Crippen molar-refractivity contribution in [1.29, 1.82) is 0 Å². The Morgan fingerprint density at radius 3 is 2.72 bits per heavy atom. The summed E-state index contributed by atoms with van der Waals surface area (Å²) in [5, 5.41) is 12.9. The van der Waals surface area contributed by atoms with Crippen LogP contribution >= 0.6 is 0 Å². The molecule has 46 heavy (non-hydrogen) atoms. The first-order valence-corrected chi connectivity index (χ1v) is 16.7. The minimum atomic E-state index is -4.47. The first-order chi connectivity index (χ1) is 22.1. The quantitative estimate of drug-likeness (QED) is 0.263. The van der Waals surface area contributed by atoms with Crippen molar-refractivity contribution in [3.05, 3.63) is 77.4 Å².